The molecule has 1 aromatic carbocycles. The van der Waals surface area contributed by atoms with Crippen molar-refractivity contribution < 1.29 is 0 Å². The number of rotatable bonds is 5. The average Bonchev–Trinajstić information content (AvgIpc) is 2.79. The number of benzene rings is 1. The van der Waals surface area contributed by atoms with Gasteiger partial charge < -0.3 is 5.32 Å². The van der Waals surface area contributed by atoms with Crippen molar-refractivity contribution in [3.8, 4) is 0 Å². The van der Waals surface area contributed by atoms with Crippen molar-refractivity contribution in [1.82, 2.24) is 5.32 Å². The van der Waals surface area contributed by atoms with E-state index in [1.807, 2.05) is 18.5 Å². The van der Waals surface area contributed by atoms with E-state index in [2.05, 4.69) is 36.5 Å². The van der Waals surface area contributed by atoms with Crippen LogP contribution < -0.4 is 5.32 Å². The molecular formula is C15H18ClNS. The van der Waals surface area contributed by atoms with Gasteiger partial charge in [-0.3, -0.25) is 0 Å². The van der Waals surface area contributed by atoms with Crippen LogP contribution in [0.25, 0.3) is 0 Å². The molecule has 1 heterocycles. The third-order valence-corrected chi connectivity index (χ3v) is 4.62. The summed E-state index contributed by atoms with van der Waals surface area (Å²) in [6.45, 7) is 2.12. The molecule has 1 N–H and O–H groups in total. The normalized spacial score (nSPS) is 12.6. The Labute approximate surface area is 118 Å². The van der Waals surface area contributed by atoms with Crippen molar-refractivity contribution in [2.45, 2.75) is 25.8 Å². The van der Waals surface area contributed by atoms with Crippen LogP contribution in [0.4, 0.5) is 0 Å². The van der Waals surface area contributed by atoms with Gasteiger partial charge in [-0.1, -0.05) is 41.4 Å². The third kappa shape index (κ3) is 3.35. The van der Waals surface area contributed by atoms with Crippen molar-refractivity contribution >= 4 is 22.9 Å². The molecule has 0 radical (unpaired) electrons. The Bertz CT molecular complexity index is 489. The summed E-state index contributed by atoms with van der Waals surface area (Å²) in [7, 11) is 2.00. The molecule has 0 spiro atoms. The molecule has 0 aliphatic carbocycles. The number of thiophene rings is 1. The maximum atomic E-state index is 6.19. The van der Waals surface area contributed by atoms with E-state index in [0.29, 0.717) is 6.04 Å². The molecular weight excluding hydrogens is 262 g/mol. The van der Waals surface area contributed by atoms with Crippen molar-refractivity contribution in [2.24, 2.45) is 0 Å². The predicted molar refractivity (Wildman–Crippen MR) is 80.6 cm³/mol. The summed E-state index contributed by atoms with van der Waals surface area (Å²) in [6, 6.07) is 11.1. The second-order valence-electron chi connectivity index (χ2n) is 4.50. The second-order valence-corrected chi connectivity index (χ2v) is 5.85. The quantitative estimate of drug-likeness (QED) is 0.843. The lowest BCUT2D eigenvalue weighted by molar-refractivity contribution is 0.558. The van der Waals surface area contributed by atoms with Gasteiger partial charge in [-0.25, -0.2) is 0 Å². The Morgan fingerprint density at radius 1 is 1.22 bits per heavy atom. The lowest BCUT2D eigenvalue weighted by Crippen LogP contribution is -2.16. The van der Waals surface area contributed by atoms with Crippen molar-refractivity contribution in [2.75, 3.05) is 7.05 Å². The lowest BCUT2D eigenvalue weighted by atomic mass is 10.0. The van der Waals surface area contributed by atoms with E-state index in [4.69, 9.17) is 11.6 Å². The molecule has 0 amide bonds. The first kappa shape index (κ1) is 13.6. The summed E-state index contributed by atoms with van der Waals surface area (Å²) in [4.78, 5) is 1.24. The van der Waals surface area contributed by atoms with Gasteiger partial charge in [0.1, 0.15) is 0 Å². The highest BCUT2D eigenvalue weighted by atomic mass is 35.5. The van der Waals surface area contributed by atoms with E-state index < -0.39 is 0 Å². The maximum absolute atomic E-state index is 6.19. The molecule has 0 aliphatic heterocycles. The first-order valence-corrected chi connectivity index (χ1v) is 7.42. The topological polar surface area (TPSA) is 12.0 Å². The number of nitrogens with one attached hydrogen (secondary N) is 1. The molecule has 0 saturated carbocycles. The van der Waals surface area contributed by atoms with Gasteiger partial charge in [0.05, 0.1) is 5.02 Å². The van der Waals surface area contributed by atoms with Crippen molar-refractivity contribution in [3.63, 3.8) is 0 Å². The first-order chi connectivity index (χ1) is 8.70. The zero-order valence-electron chi connectivity index (χ0n) is 10.7. The van der Waals surface area contributed by atoms with E-state index in [-0.39, 0.29) is 0 Å². The summed E-state index contributed by atoms with van der Waals surface area (Å²) in [5, 5.41) is 6.28. The van der Waals surface area contributed by atoms with Crippen LogP contribution in [-0.4, -0.2) is 7.05 Å². The van der Waals surface area contributed by atoms with Crippen molar-refractivity contribution in [3.05, 3.63) is 56.7 Å². The predicted octanol–water partition coefficient (Wildman–Crippen LogP) is 4.60. The highest BCUT2D eigenvalue weighted by molar-refractivity contribution is 7.10. The zero-order chi connectivity index (χ0) is 13.0. The Morgan fingerprint density at radius 2 is 1.94 bits per heavy atom. The molecule has 1 unspecified atom stereocenters. The van der Waals surface area contributed by atoms with Gasteiger partial charge in [-0.2, -0.15) is 0 Å². The van der Waals surface area contributed by atoms with Crippen LogP contribution in [-0.2, 0) is 6.42 Å². The van der Waals surface area contributed by atoms with Gasteiger partial charge in [0, 0.05) is 10.9 Å². The summed E-state index contributed by atoms with van der Waals surface area (Å²) < 4.78 is 0. The van der Waals surface area contributed by atoms with Gasteiger partial charge in [-0.15, -0.1) is 11.3 Å². The van der Waals surface area contributed by atoms with E-state index in [1.165, 1.54) is 16.0 Å². The Balaban J connectivity index is 2.00. The van der Waals surface area contributed by atoms with Crippen LogP contribution in [0.1, 0.15) is 28.5 Å². The monoisotopic (exact) mass is 279 g/mol. The fourth-order valence-corrected chi connectivity index (χ4v) is 3.36. The standard InChI is InChI=1S/C15H18ClNS/c1-11-3-5-12(6-4-11)7-8-14(17-2)15-13(16)9-10-18-15/h3-6,9-10,14,17H,7-8H2,1-2H3. The van der Waals surface area contributed by atoms with Crippen LogP contribution in [0.3, 0.4) is 0 Å². The molecule has 1 aromatic heterocycles. The second kappa shape index (κ2) is 6.37. The van der Waals surface area contributed by atoms with Gasteiger partial charge in [0.25, 0.3) is 0 Å². The van der Waals surface area contributed by atoms with Gasteiger partial charge in [-0.05, 0) is 43.8 Å². The number of hydrogen-bond acceptors (Lipinski definition) is 2. The molecule has 2 aromatic rings. The molecule has 0 saturated heterocycles. The Kier molecular flexibility index (Phi) is 4.81. The third-order valence-electron chi connectivity index (χ3n) is 3.15. The molecule has 0 aliphatic rings. The van der Waals surface area contributed by atoms with Gasteiger partial charge in [0.2, 0.25) is 0 Å². The minimum atomic E-state index is 0.346. The Morgan fingerprint density at radius 3 is 2.50 bits per heavy atom. The molecule has 3 heteroatoms. The van der Waals surface area contributed by atoms with Crippen LogP contribution in [0.2, 0.25) is 5.02 Å². The van der Waals surface area contributed by atoms with E-state index in [9.17, 15) is 0 Å². The largest absolute Gasteiger partial charge is 0.312 e. The molecule has 0 fully saturated rings. The number of halogens is 1. The Hall–Kier alpha value is -0.830. The van der Waals surface area contributed by atoms with Gasteiger partial charge in [0.15, 0.2) is 0 Å². The molecule has 96 valence electrons. The van der Waals surface area contributed by atoms with Crippen LogP contribution in [0.5, 0.6) is 0 Å². The highest BCUT2D eigenvalue weighted by Crippen LogP contribution is 2.31. The summed E-state index contributed by atoms with van der Waals surface area (Å²) in [6.07, 6.45) is 2.14. The fourth-order valence-electron chi connectivity index (χ4n) is 2.03. The average molecular weight is 280 g/mol. The molecule has 2 rings (SSSR count). The number of aryl methyl sites for hydroxylation is 2. The van der Waals surface area contributed by atoms with E-state index >= 15 is 0 Å². The van der Waals surface area contributed by atoms with Crippen LogP contribution in [0.15, 0.2) is 35.7 Å². The zero-order valence-corrected chi connectivity index (χ0v) is 12.3. The summed E-state index contributed by atoms with van der Waals surface area (Å²) in [5.74, 6) is 0. The number of hydrogen-bond donors (Lipinski definition) is 1. The summed E-state index contributed by atoms with van der Waals surface area (Å²) in [5.41, 5.74) is 2.69. The van der Waals surface area contributed by atoms with Crippen molar-refractivity contribution in [1.29, 1.82) is 0 Å². The minimum absolute atomic E-state index is 0.346. The fraction of sp³-hybridized carbons (Fsp3) is 0.333. The van der Waals surface area contributed by atoms with E-state index in [1.54, 1.807) is 11.3 Å². The first-order valence-electron chi connectivity index (χ1n) is 6.16. The van der Waals surface area contributed by atoms with Gasteiger partial charge >= 0.3 is 0 Å². The lowest BCUT2D eigenvalue weighted by Gasteiger charge is -2.15. The smallest absolute Gasteiger partial charge is 0.0561 e. The van der Waals surface area contributed by atoms with Crippen LogP contribution in [0, 0.1) is 6.92 Å². The SMILES string of the molecule is CNC(CCc1ccc(C)cc1)c1sccc1Cl. The van der Waals surface area contributed by atoms with Crippen LogP contribution >= 0.6 is 22.9 Å². The van der Waals surface area contributed by atoms with E-state index in [0.717, 1.165) is 17.9 Å². The summed E-state index contributed by atoms with van der Waals surface area (Å²) >= 11 is 7.91. The maximum Gasteiger partial charge on any atom is 0.0561 e. The molecule has 0 bridgehead atoms. The highest BCUT2D eigenvalue weighted by Gasteiger charge is 2.14. The molecule has 1 nitrogen and oxygen atoms in total. The minimum Gasteiger partial charge on any atom is -0.312 e. The molecule has 18 heavy (non-hydrogen) atoms. The molecule has 1 atom stereocenters.